The van der Waals surface area contributed by atoms with Crippen LogP contribution in [0.3, 0.4) is 0 Å². The van der Waals surface area contributed by atoms with Crippen molar-refractivity contribution in [1.82, 2.24) is 15.0 Å². The molecule has 4 rings (SSSR count). The Hall–Kier alpha value is -2.10. The molecule has 0 amide bonds. The zero-order valence-electron chi connectivity index (χ0n) is 10.8. The van der Waals surface area contributed by atoms with Gasteiger partial charge in [0, 0.05) is 22.2 Å². The maximum absolute atomic E-state index is 6.54. The van der Waals surface area contributed by atoms with Gasteiger partial charge in [-0.05, 0) is 29.7 Å². The van der Waals surface area contributed by atoms with Crippen LogP contribution >= 0.6 is 23.2 Å². The second-order valence-corrected chi connectivity index (χ2v) is 5.59. The Kier molecular flexibility index (Phi) is 2.84. The predicted molar refractivity (Wildman–Crippen MR) is 86.9 cm³/mol. The summed E-state index contributed by atoms with van der Waals surface area (Å²) in [5.41, 5.74) is 2.62. The molecule has 21 heavy (non-hydrogen) atoms. The predicted octanol–water partition coefficient (Wildman–Crippen LogP) is 5.08. The van der Waals surface area contributed by atoms with Crippen molar-refractivity contribution in [3.8, 4) is 11.4 Å². The molecule has 0 aliphatic heterocycles. The molecule has 0 fully saturated rings. The number of fused-ring (bicyclic) bond motifs is 2. The van der Waals surface area contributed by atoms with Gasteiger partial charge in [0.1, 0.15) is 5.82 Å². The third kappa shape index (κ3) is 2.06. The van der Waals surface area contributed by atoms with Crippen LogP contribution in [0.4, 0.5) is 0 Å². The minimum absolute atomic E-state index is 0.663. The van der Waals surface area contributed by atoms with E-state index in [0.717, 1.165) is 33.2 Å². The Bertz CT molecular complexity index is 943. The molecule has 3 nitrogen and oxygen atoms in total. The number of imidazole rings is 1. The molecule has 0 spiro atoms. The third-order valence-corrected chi connectivity index (χ3v) is 4.10. The highest BCUT2D eigenvalue weighted by Crippen LogP contribution is 2.34. The first-order valence-corrected chi connectivity index (χ1v) is 7.16. The summed E-state index contributed by atoms with van der Waals surface area (Å²) in [6.07, 6.45) is 3.47. The number of pyridine rings is 1. The van der Waals surface area contributed by atoms with E-state index in [1.54, 1.807) is 12.4 Å². The molecule has 5 heteroatoms. The first-order chi connectivity index (χ1) is 10.2. The summed E-state index contributed by atoms with van der Waals surface area (Å²) >= 11 is 12.6. The molecule has 0 atom stereocenters. The van der Waals surface area contributed by atoms with E-state index in [1.165, 1.54) is 0 Å². The molecular weight excluding hydrogens is 305 g/mol. The fraction of sp³-hybridized carbons (Fsp3) is 0. The summed E-state index contributed by atoms with van der Waals surface area (Å²) in [4.78, 5) is 11.9. The van der Waals surface area contributed by atoms with Gasteiger partial charge in [0.2, 0.25) is 0 Å². The van der Waals surface area contributed by atoms with E-state index in [2.05, 4.69) is 15.0 Å². The number of rotatable bonds is 1. The average molecular weight is 314 g/mol. The van der Waals surface area contributed by atoms with Crippen LogP contribution in [0.2, 0.25) is 10.0 Å². The molecular formula is C16H9Cl2N3. The van der Waals surface area contributed by atoms with Crippen LogP contribution in [-0.2, 0) is 0 Å². The van der Waals surface area contributed by atoms with Gasteiger partial charge >= 0.3 is 0 Å². The van der Waals surface area contributed by atoms with Gasteiger partial charge in [-0.1, -0.05) is 35.3 Å². The Morgan fingerprint density at radius 1 is 1.00 bits per heavy atom. The molecule has 102 valence electrons. The van der Waals surface area contributed by atoms with Gasteiger partial charge in [-0.2, -0.15) is 0 Å². The quantitative estimate of drug-likeness (QED) is 0.532. The molecule has 0 saturated carbocycles. The van der Waals surface area contributed by atoms with Crippen LogP contribution in [0.25, 0.3) is 33.2 Å². The molecule has 0 saturated heterocycles. The van der Waals surface area contributed by atoms with E-state index in [-0.39, 0.29) is 0 Å². The number of hydrogen-bond acceptors (Lipinski definition) is 2. The minimum atomic E-state index is 0.663. The van der Waals surface area contributed by atoms with E-state index in [0.29, 0.717) is 10.0 Å². The molecule has 0 aliphatic carbocycles. The minimum Gasteiger partial charge on any atom is -0.337 e. The van der Waals surface area contributed by atoms with Crippen molar-refractivity contribution in [1.29, 1.82) is 0 Å². The highest BCUT2D eigenvalue weighted by atomic mass is 35.5. The number of H-pyrrole nitrogens is 1. The van der Waals surface area contributed by atoms with Crippen LogP contribution in [0, 0.1) is 0 Å². The molecule has 2 aromatic heterocycles. The number of aromatic nitrogens is 3. The van der Waals surface area contributed by atoms with Gasteiger partial charge in [0.15, 0.2) is 0 Å². The lowest BCUT2D eigenvalue weighted by Gasteiger charge is -2.06. The van der Waals surface area contributed by atoms with Crippen LogP contribution in [-0.4, -0.2) is 15.0 Å². The molecule has 0 unspecified atom stereocenters. The number of nitrogens with one attached hydrogen (secondary N) is 1. The molecule has 4 aromatic rings. The van der Waals surface area contributed by atoms with Crippen molar-refractivity contribution in [3.63, 3.8) is 0 Å². The lowest BCUT2D eigenvalue weighted by molar-refractivity contribution is 1.33. The topological polar surface area (TPSA) is 41.6 Å². The van der Waals surface area contributed by atoms with E-state index < -0.39 is 0 Å². The molecule has 0 radical (unpaired) electrons. The summed E-state index contributed by atoms with van der Waals surface area (Å²) < 4.78 is 0. The van der Waals surface area contributed by atoms with Crippen LogP contribution < -0.4 is 0 Å². The number of aromatic amines is 1. The highest BCUT2D eigenvalue weighted by Gasteiger charge is 2.11. The van der Waals surface area contributed by atoms with Crippen LogP contribution in [0.5, 0.6) is 0 Å². The zero-order valence-corrected chi connectivity index (χ0v) is 12.3. The zero-order chi connectivity index (χ0) is 14.4. The van der Waals surface area contributed by atoms with E-state index in [9.17, 15) is 0 Å². The summed E-state index contributed by atoms with van der Waals surface area (Å²) in [6, 6.07) is 11.5. The lowest BCUT2D eigenvalue weighted by atomic mass is 10.1. The first-order valence-electron chi connectivity index (χ1n) is 6.40. The number of nitrogens with zero attached hydrogens (tertiary/aromatic N) is 2. The normalized spacial score (nSPS) is 11.3. The van der Waals surface area contributed by atoms with Crippen molar-refractivity contribution >= 4 is 45.0 Å². The lowest BCUT2D eigenvalue weighted by Crippen LogP contribution is -1.84. The molecule has 2 aromatic carbocycles. The fourth-order valence-corrected chi connectivity index (χ4v) is 2.94. The smallest absolute Gasteiger partial charge is 0.140 e. The van der Waals surface area contributed by atoms with Crippen molar-refractivity contribution in [2.24, 2.45) is 0 Å². The van der Waals surface area contributed by atoms with Crippen molar-refractivity contribution in [2.45, 2.75) is 0 Å². The van der Waals surface area contributed by atoms with E-state index in [1.807, 2.05) is 36.4 Å². The van der Waals surface area contributed by atoms with E-state index in [4.69, 9.17) is 23.2 Å². The Morgan fingerprint density at radius 2 is 1.90 bits per heavy atom. The van der Waals surface area contributed by atoms with Gasteiger partial charge in [0.05, 0.1) is 22.3 Å². The average Bonchev–Trinajstić information content (AvgIpc) is 2.91. The van der Waals surface area contributed by atoms with Crippen molar-refractivity contribution in [2.75, 3.05) is 0 Å². The maximum Gasteiger partial charge on any atom is 0.140 e. The van der Waals surface area contributed by atoms with Gasteiger partial charge in [-0.3, -0.25) is 4.98 Å². The Morgan fingerprint density at radius 3 is 2.76 bits per heavy atom. The van der Waals surface area contributed by atoms with Crippen molar-refractivity contribution in [3.05, 3.63) is 58.8 Å². The van der Waals surface area contributed by atoms with Gasteiger partial charge in [-0.15, -0.1) is 0 Å². The summed E-state index contributed by atoms with van der Waals surface area (Å²) in [5.74, 6) is 0.736. The second kappa shape index (κ2) is 4.72. The Balaban J connectivity index is 1.97. The largest absolute Gasteiger partial charge is 0.337 e. The van der Waals surface area contributed by atoms with Gasteiger partial charge < -0.3 is 4.98 Å². The monoisotopic (exact) mass is 313 g/mol. The van der Waals surface area contributed by atoms with Crippen LogP contribution in [0.15, 0.2) is 48.8 Å². The fourth-order valence-electron chi connectivity index (χ4n) is 2.43. The molecule has 2 heterocycles. The highest BCUT2D eigenvalue weighted by molar-refractivity contribution is 6.38. The van der Waals surface area contributed by atoms with Crippen molar-refractivity contribution < 1.29 is 0 Å². The molecule has 0 bridgehead atoms. The summed E-state index contributed by atoms with van der Waals surface area (Å²) in [5, 5.41) is 3.32. The van der Waals surface area contributed by atoms with Crippen LogP contribution in [0.1, 0.15) is 0 Å². The van der Waals surface area contributed by atoms with Gasteiger partial charge in [0.25, 0.3) is 0 Å². The third-order valence-electron chi connectivity index (χ3n) is 3.45. The molecule has 0 aliphatic rings. The maximum atomic E-state index is 6.54. The van der Waals surface area contributed by atoms with Gasteiger partial charge in [-0.25, -0.2) is 4.98 Å². The van der Waals surface area contributed by atoms with E-state index >= 15 is 0 Å². The Labute approximate surface area is 130 Å². The first kappa shape index (κ1) is 12.6. The number of hydrogen-bond donors (Lipinski definition) is 1. The summed E-state index contributed by atoms with van der Waals surface area (Å²) in [7, 11) is 0. The number of benzene rings is 2. The summed E-state index contributed by atoms with van der Waals surface area (Å²) in [6.45, 7) is 0. The SMILES string of the molecule is Clc1ccc2c(Cl)c(-c3nc4ccncc4[nH]3)ccc2c1. The molecule has 1 N–H and O–H groups in total. The second-order valence-electron chi connectivity index (χ2n) is 4.77. The number of halogens is 2. The standard InChI is InChI=1S/C16H9Cl2N3/c17-10-2-4-11-9(7-10)1-3-12(15(11)18)16-20-13-5-6-19-8-14(13)21-16/h1-8H,(H,20,21).